The van der Waals surface area contributed by atoms with Crippen LogP contribution in [0.25, 0.3) is 6.08 Å². The van der Waals surface area contributed by atoms with Gasteiger partial charge in [0, 0.05) is 11.6 Å². The number of para-hydroxylation sites is 1. The normalized spacial score (nSPS) is 16.0. The Morgan fingerprint density at radius 3 is 2.29 bits per heavy atom. The van der Waals surface area contributed by atoms with Gasteiger partial charge in [-0.25, -0.2) is 4.99 Å². The van der Waals surface area contributed by atoms with Gasteiger partial charge >= 0.3 is 5.69 Å². The summed E-state index contributed by atoms with van der Waals surface area (Å²) in [7, 11) is 0. The third-order valence-corrected chi connectivity index (χ3v) is 6.77. The zero-order valence-corrected chi connectivity index (χ0v) is 20.0. The Morgan fingerprint density at radius 1 is 0.971 bits per heavy atom. The van der Waals surface area contributed by atoms with Crippen LogP contribution < -0.4 is 4.90 Å². The molecule has 1 saturated heterocycles. The molecule has 1 amide bonds. The number of aromatic hydroxyl groups is 1. The minimum atomic E-state index is -0.658. The smallest absolute Gasteiger partial charge is 0.311 e. The number of nitro benzene ring substituents is 1. The highest BCUT2D eigenvalue weighted by Crippen LogP contribution is 2.40. The van der Waals surface area contributed by atoms with Gasteiger partial charge in [-0.05, 0) is 92.1 Å². The first-order valence-electron chi connectivity index (χ1n) is 10.6. The number of nitro groups is 1. The first-order chi connectivity index (χ1) is 16.2. The van der Waals surface area contributed by atoms with Crippen molar-refractivity contribution in [1.82, 2.24) is 0 Å². The predicted molar refractivity (Wildman–Crippen MR) is 137 cm³/mol. The van der Waals surface area contributed by atoms with E-state index in [2.05, 4.69) is 0 Å². The van der Waals surface area contributed by atoms with Gasteiger partial charge in [0.1, 0.15) is 0 Å². The monoisotopic (exact) mass is 473 g/mol. The minimum absolute atomic E-state index is 0.192. The van der Waals surface area contributed by atoms with Crippen LogP contribution in [0.4, 0.5) is 17.1 Å². The fraction of sp³-hybridized carbons (Fsp3) is 0.154. The molecule has 0 spiro atoms. The number of aryl methyl sites for hydroxylation is 4. The molecule has 0 radical (unpaired) electrons. The van der Waals surface area contributed by atoms with Gasteiger partial charge in [0.2, 0.25) is 5.75 Å². The number of aliphatic imine (C=N–C) groups is 1. The maximum Gasteiger partial charge on any atom is 0.311 e. The van der Waals surface area contributed by atoms with E-state index >= 15 is 0 Å². The van der Waals surface area contributed by atoms with Crippen LogP contribution in [0.3, 0.4) is 0 Å². The number of benzene rings is 3. The number of amides is 1. The average molecular weight is 474 g/mol. The van der Waals surface area contributed by atoms with E-state index in [-0.39, 0.29) is 11.5 Å². The Morgan fingerprint density at radius 2 is 1.65 bits per heavy atom. The maximum absolute atomic E-state index is 13.5. The molecule has 4 rings (SSSR count). The van der Waals surface area contributed by atoms with E-state index in [0.29, 0.717) is 21.4 Å². The molecule has 7 nitrogen and oxygen atoms in total. The minimum Gasteiger partial charge on any atom is -0.502 e. The van der Waals surface area contributed by atoms with Crippen molar-refractivity contribution in [3.05, 3.63) is 97.4 Å². The topological polar surface area (TPSA) is 96.0 Å². The summed E-state index contributed by atoms with van der Waals surface area (Å²) >= 11 is 1.16. The van der Waals surface area contributed by atoms with E-state index in [1.807, 2.05) is 64.1 Å². The van der Waals surface area contributed by atoms with Gasteiger partial charge in [-0.2, -0.15) is 0 Å². The van der Waals surface area contributed by atoms with E-state index < -0.39 is 16.4 Å². The fourth-order valence-corrected chi connectivity index (χ4v) is 4.49. The average Bonchev–Trinajstić information content (AvgIpc) is 3.08. The quantitative estimate of drug-likeness (QED) is 0.271. The van der Waals surface area contributed by atoms with Gasteiger partial charge in [0.25, 0.3) is 5.91 Å². The summed E-state index contributed by atoms with van der Waals surface area (Å²) in [6, 6.07) is 15.8. The van der Waals surface area contributed by atoms with Crippen molar-refractivity contribution in [3.63, 3.8) is 0 Å². The van der Waals surface area contributed by atoms with Crippen LogP contribution >= 0.6 is 11.8 Å². The van der Waals surface area contributed by atoms with E-state index in [9.17, 15) is 20.0 Å². The third kappa shape index (κ3) is 4.45. The number of amidine groups is 1. The first-order valence-corrected chi connectivity index (χ1v) is 11.4. The summed E-state index contributed by atoms with van der Waals surface area (Å²) in [6.45, 7) is 8.00. The van der Waals surface area contributed by atoms with Crippen LogP contribution in [0.1, 0.15) is 27.8 Å². The molecule has 0 unspecified atom stereocenters. The first kappa shape index (κ1) is 23.3. The molecular formula is C26H23N3O4S. The molecule has 172 valence electrons. The predicted octanol–water partition coefficient (Wildman–Crippen LogP) is 6.34. The number of thioether (sulfide) groups is 1. The maximum atomic E-state index is 13.5. The van der Waals surface area contributed by atoms with Gasteiger partial charge in [0.05, 0.1) is 21.2 Å². The summed E-state index contributed by atoms with van der Waals surface area (Å²) < 4.78 is 0. The van der Waals surface area contributed by atoms with Crippen molar-refractivity contribution >= 4 is 46.0 Å². The van der Waals surface area contributed by atoms with Crippen LogP contribution in [-0.4, -0.2) is 21.1 Å². The molecule has 1 N–H and O–H groups in total. The zero-order chi connectivity index (χ0) is 24.6. The fourth-order valence-electron chi connectivity index (χ4n) is 3.50. The van der Waals surface area contributed by atoms with Crippen molar-refractivity contribution in [2.75, 3.05) is 4.90 Å². The molecular weight excluding hydrogens is 450 g/mol. The van der Waals surface area contributed by atoms with Gasteiger partial charge in [-0.1, -0.05) is 24.3 Å². The third-order valence-electron chi connectivity index (χ3n) is 5.80. The van der Waals surface area contributed by atoms with Gasteiger partial charge in [-0.3, -0.25) is 19.8 Å². The Bertz CT molecular complexity index is 1390. The Balaban J connectivity index is 1.83. The van der Waals surface area contributed by atoms with Crippen molar-refractivity contribution in [1.29, 1.82) is 0 Å². The molecule has 34 heavy (non-hydrogen) atoms. The molecule has 1 aliphatic rings. The molecule has 1 aliphatic heterocycles. The molecule has 1 fully saturated rings. The molecule has 0 bridgehead atoms. The molecule has 0 aromatic heterocycles. The number of carbonyl (C=O) groups excluding carboxylic acids is 1. The number of carbonyl (C=O) groups is 1. The summed E-state index contributed by atoms with van der Waals surface area (Å²) in [5, 5.41) is 22.0. The van der Waals surface area contributed by atoms with Crippen LogP contribution in [0, 0.1) is 37.8 Å². The van der Waals surface area contributed by atoms with Crippen molar-refractivity contribution in [2.24, 2.45) is 4.99 Å². The molecule has 3 aromatic carbocycles. The van der Waals surface area contributed by atoms with E-state index in [1.165, 1.54) is 29.2 Å². The number of rotatable bonds is 4. The second kappa shape index (κ2) is 9.15. The summed E-state index contributed by atoms with van der Waals surface area (Å²) in [5.41, 5.74) is 5.54. The molecule has 0 atom stereocenters. The second-order valence-corrected chi connectivity index (χ2v) is 9.16. The summed E-state index contributed by atoms with van der Waals surface area (Å²) in [4.78, 5) is 30.6. The standard InChI is InChI=1S/C26H23N3O4S/c1-15-8-10-20(12-17(15)3)27-26-28(21-11-9-16(2)18(4)13-21)25(31)23(34-26)14-19-6-5-7-22(24(19)30)29(32)33/h5-14,30H,1-4H3/b23-14+,27-26?. The summed E-state index contributed by atoms with van der Waals surface area (Å²) in [6.07, 6.45) is 1.46. The van der Waals surface area contributed by atoms with Crippen molar-refractivity contribution < 1.29 is 14.8 Å². The molecule has 8 heteroatoms. The van der Waals surface area contributed by atoms with Gasteiger partial charge in [-0.15, -0.1) is 0 Å². The van der Waals surface area contributed by atoms with Crippen LogP contribution in [-0.2, 0) is 4.79 Å². The number of anilines is 1. The van der Waals surface area contributed by atoms with Crippen LogP contribution in [0.15, 0.2) is 64.5 Å². The molecule has 0 saturated carbocycles. The molecule has 1 heterocycles. The lowest BCUT2D eigenvalue weighted by atomic mass is 10.1. The Labute approximate surface area is 201 Å². The Kier molecular flexibility index (Phi) is 6.26. The number of nitrogens with zero attached hydrogens (tertiary/aromatic N) is 3. The number of phenolic OH excluding ortho intramolecular Hbond substituents is 1. The lowest BCUT2D eigenvalue weighted by Crippen LogP contribution is -2.28. The van der Waals surface area contributed by atoms with E-state index in [4.69, 9.17) is 4.99 Å². The van der Waals surface area contributed by atoms with Crippen LogP contribution in [0.2, 0.25) is 0 Å². The van der Waals surface area contributed by atoms with Gasteiger partial charge < -0.3 is 5.11 Å². The highest BCUT2D eigenvalue weighted by molar-refractivity contribution is 8.19. The molecule has 3 aromatic rings. The lowest BCUT2D eigenvalue weighted by molar-refractivity contribution is -0.385. The van der Waals surface area contributed by atoms with E-state index in [1.54, 1.807) is 0 Å². The van der Waals surface area contributed by atoms with Crippen molar-refractivity contribution in [3.8, 4) is 5.75 Å². The number of phenols is 1. The Hall–Kier alpha value is -3.91. The summed E-state index contributed by atoms with van der Waals surface area (Å²) in [5.74, 6) is -0.799. The van der Waals surface area contributed by atoms with Gasteiger partial charge in [0.15, 0.2) is 5.17 Å². The largest absolute Gasteiger partial charge is 0.502 e. The van der Waals surface area contributed by atoms with E-state index in [0.717, 1.165) is 34.0 Å². The number of hydrogen-bond acceptors (Lipinski definition) is 6. The highest BCUT2D eigenvalue weighted by atomic mass is 32.2. The van der Waals surface area contributed by atoms with Crippen molar-refractivity contribution in [2.45, 2.75) is 27.7 Å². The SMILES string of the molecule is Cc1ccc(N=C2S/C(=C/c3cccc([N+](=O)[O-])c3O)C(=O)N2c2ccc(C)c(C)c2)cc1C. The molecule has 0 aliphatic carbocycles. The highest BCUT2D eigenvalue weighted by Gasteiger charge is 2.35. The zero-order valence-electron chi connectivity index (χ0n) is 19.2. The lowest BCUT2D eigenvalue weighted by Gasteiger charge is -2.17. The number of hydrogen-bond donors (Lipinski definition) is 1. The second-order valence-electron chi connectivity index (χ2n) is 8.15. The van der Waals surface area contributed by atoms with Crippen LogP contribution in [0.5, 0.6) is 5.75 Å².